The van der Waals surface area contributed by atoms with Gasteiger partial charge in [-0.25, -0.2) is 8.78 Å². The predicted octanol–water partition coefficient (Wildman–Crippen LogP) is 3.47. The number of aryl methyl sites for hydroxylation is 1. The van der Waals surface area contributed by atoms with Crippen LogP contribution in [-0.4, -0.2) is 0 Å². The summed E-state index contributed by atoms with van der Waals surface area (Å²) >= 11 is 0. The van der Waals surface area contributed by atoms with Crippen LogP contribution in [0.15, 0.2) is 30.3 Å². The van der Waals surface area contributed by atoms with Gasteiger partial charge in [-0.15, -0.1) is 0 Å². The maximum absolute atomic E-state index is 13.4. The summed E-state index contributed by atoms with van der Waals surface area (Å²) in [5.74, 6) is -1.03. The molecule has 0 unspecified atom stereocenters. The number of nitrogens with one attached hydrogen (secondary N) is 1. The first-order valence-corrected chi connectivity index (χ1v) is 5.54. The zero-order valence-corrected chi connectivity index (χ0v) is 10.2. The monoisotopic (exact) mass is 259 g/mol. The van der Waals surface area contributed by atoms with Crippen LogP contribution in [-0.2, 0) is 0 Å². The van der Waals surface area contributed by atoms with Crippen molar-refractivity contribution in [2.24, 2.45) is 0 Å². The predicted molar refractivity (Wildman–Crippen MR) is 69.9 cm³/mol. The summed E-state index contributed by atoms with van der Waals surface area (Å²) in [6.07, 6.45) is 0. The highest BCUT2D eigenvalue weighted by molar-refractivity contribution is 5.76. The molecule has 0 amide bonds. The van der Waals surface area contributed by atoms with E-state index >= 15 is 0 Å². The molecule has 2 aromatic carbocycles. The average molecular weight is 259 g/mol. The molecule has 0 aliphatic carbocycles. The highest BCUT2D eigenvalue weighted by atomic mass is 19.1. The van der Waals surface area contributed by atoms with Gasteiger partial charge in [-0.3, -0.25) is 0 Å². The highest BCUT2D eigenvalue weighted by Crippen LogP contribution is 2.28. The van der Waals surface area contributed by atoms with E-state index < -0.39 is 11.6 Å². The second-order valence-electron chi connectivity index (χ2n) is 4.09. The molecular weight excluding hydrogens is 248 g/mol. The first kappa shape index (κ1) is 12.8. The molecule has 96 valence electrons. The number of nitriles is 1. The van der Waals surface area contributed by atoms with E-state index in [0.717, 1.165) is 0 Å². The third kappa shape index (κ3) is 2.47. The van der Waals surface area contributed by atoms with Crippen molar-refractivity contribution in [1.82, 2.24) is 0 Å². The van der Waals surface area contributed by atoms with E-state index in [4.69, 9.17) is 11.0 Å². The minimum absolute atomic E-state index is 0.108. The second-order valence-corrected chi connectivity index (χ2v) is 4.09. The van der Waals surface area contributed by atoms with E-state index in [1.165, 1.54) is 24.3 Å². The molecule has 0 saturated carbocycles. The van der Waals surface area contributed by atoms with Gasteiger partial charge >= 0.3 is 0 Å². The Bertz CT molecular complexity index is 675. The number of hydrogen-bond acceptors (Lipinski definition) is 3. The van der Waals surface area contributed by atoms with Crippen LogP contribution in [0.2, 0.25) is 0 Å². The molecule has 5 heteroatoms. The van der Waals surface area contributed by atoms with E-state index in [0.29, 0.717) is 16.9 Å². The second kappa shape index (κ2) is 4.94. The van der Waals surface area contributed by atoms with Crippen LogP contribution < -0.4 is 11.1 Å². The normalized spacial score (nSPS) is 10.0. The quantitative estimate of drug-likeness (QED) is 0.812. The Morgan fingerprint density at radius 3 is 2.58 bits per heavy atom. The molecule has 3 nitrogen and oxygen atoms in total. The number of nitrogen functional groups attached to an aromatic ring is 1. The van der Waals surface area contributed by atoms with Gasteiger partial charge in [-0.2, -0.15) is 5.26 Å². The van der Waals surface area contributed by atoms with Crippen LogP contribution in [0, 0.1) is 29.9 Å². The maximum Gasteiger partial charge on any atom is 0.143 e. The number of hydrogen-bond donors (Lipinski definition) is 2. The highest BCUT2D eigenvalue weighted by Gasteiger charge is 2.10. The molecule has 0 atom stereocenters. The Balaban J connectivity index is 2.45. The standard InChI is InChI=1S/C14H11F2N3/c1-8-5-14(12(18)6-11(8)16)19-13-4-2-3-10(15)9(13)7-17/h2-6,19H,18H2,1H3. The molecule has 2 aromatic rings. The van der Waals surface area contributed by atoms with Crippen LogP contribution in [0.1, 0.15) is 11.1 Å². The van der Waals surface area contributed by atoms with Gasteiger partial charge in [-0.05, 0) is 36.8 Å². The molecule has 0 spiro atoms. The maximum atomic E-state index is 13.4. The number of benzene rings is 2. The molecule has 0 aliphatic rings. The number of halogens is 2. The lowest BCUT2D eigenvalue weighted by Crippen LogP contribution is -2.01. The van der Waals surface area contributed by atoms with Gasteiger partial charge in [0.25, 0.3) is 0 Å². The summed E-state index contributed by atoms with van der Waals surface area (Å²) in [5, 5.41) is 11.8. The topological polar surface area (TPSA) is 61.8 Å². The van der Waals surface area contributed by atoms with Gasteiger partial charge < -0.3 is 11.1 Å². The van der Waals surface area contributed by atoms with Gasteiger partial charge in [-0.1, -0.05) is 6.07 Å². The van der Waals surface area contributed by atoms with E-state index in [1.807, 2.05) is 0 Å². The summed E-state index contributed by atoms with van der Waals surface area (Å²) in [6.45, 7) is 1.59. The largest absolute Gasteiger partial charge is 0.397 e. The number of nitrogens with two attached hydrogens (primary N) is 1. The fourth-order valence-electron chi connectivity index (χ4n) is 1.69. The van der Waals surface area contributed by atoms with Crippen molar-refractivity contribution in [3.05, 3.63) is 53.1 Å². The van der Waals surface area contributed by atoms with Gasteiger partial charge in [0.15, 0.2) is 0 Å². The Morgan fingerprint density at radius 1 is 1.16 bits per heavy atom. The summed E-state index contributed by atoms with van der Waals surface area (Å²) in [7, 11) is 0. The minimum Gasteiger partial charge on any atom is -0.397 e. The molecule has 0 saturated heterocycles. The third-order valence-corrected chi connectivity index (χ3v) is 2.73. The van der Waals surface area contributed by atoms with Gasteiger partial charge in [0.1, 0.15) is 23.3 Å². The molecule has 3 N–H and O–H groups in total. The Morgan fingerprint density at radius 2 is 1.89 bits per heavy atom. The molecule has 2 rings (SSSR count). The first-order chi connectivity index (χ1) is 9.02. The lowest BCUT2D eigenvalue weighted by Gasteiger charge is -2.12. The first-order valence-electron chi connectivity index (χ1n) is 5.54. The van der Waals surface area contributed by atoms with Crippen molar-refractivity contribution in [2.75, 3.05) is 11.1 Å². The Kier molecular flexibility index (Phi) is 3.34. The number of nitrogens with zero attached hydrogens (tertiary/aromatic N) is 1. The number of rotatable bonds is 2. The Hall–Kier alpha value is -2.61. The molecule has 0 bridgehead atoms. The third-order valence-electron chi connectivity index (χ3n) is 2.73. The van der Waals surface area contributed by atoms with Gasteiger partial charge in [0.05, 0.1) is 17.1 Å². The summed E-state index contributed by atoms with van der Waals surface area (Å²) < 4.78 is 26.7. The minimum atomic E-state index is -0.620. The SMILES string of the molecule is Cc1cc(Nc2cccc(F)c2C#N)c(N)cc1F. The van der Waals surface area contributed by atoms with Crippen LogP contribution in [0.5, 0.6) is 0 Å². The average Bonchev–Trinajstić information content (AvgIpc) is 2.36. The molecular formula is C14H11F2N3. The molecule has 0 heterocycles. The fourth-order valence-corrected chi connectivity index (χ4v) is 1.69. The fraction of sp³-hybridized carbons (Fsp3) is 0.0714. The van der Waals surface area contributed by atoms with E-state index in [1.54, 1.807) is 19.1 Å². The molecule has 0 fully saturated rings. The van der Waals surface area contributed by atoms with Crippen molar-refractivity contribution in [3.63, 3.8) is 0 Å². The smallest absolute Gasteiger partial charge is 0.143 e. The van der Waals surface area contributed by atoms with Gasteiger partial charge in [0, 0.05) is 0 Å². The summed E-state index contributed by atoms with van der Waals surface area (Å²) in [4.78, 5) is 0. The van der Waals surface area contributed by atoms with Crippen molar-refractivity contribution >= 4 is 17.1 Å². The van der Waals surface area contributed by atoms with Crippen molar-refractivity contribution in [2.45, 2.75) is 6.92 Å². The van der Waals surface area contributed by atoms with Gasteiger partial charge in [0.2, 0.25) is 0 Å². The van der Waals surface area contributed by atoms with Crippen LogP contribution in [0.4, 0.5) is 25.8 Å². The van der Waals surface area contributed by atoms with E-state index in [9.17, 15) is 8.78 Å². The number of anilines is 3. The zero-order chi connectivity index (χ0) is 14.0. The van der Waals surface area contributed by atoms with Crippen LogP contribution in [0.3, 0.4) is 0 Å². The zero-order valence-electron chi connectivity index (χ0n) is 10.2. The Labute approximate surface area is 109 Å². The van der Waals surface area contributed by atoms with Crippen molar-refractivity contribution < 1.29 is 8.78 Å². The van der Waals surface area contributed by atoms with E-state index in [2.05, 4.69) is 5.32 Å². The summed E-state index contributed by atoms with van der Waals surface area (Å²) in [5.41, 5.74) is 6.90. The lowest BCUT2D eigenvalue weighted by atomic mass is 10.1. The summed E-state index contributed by atoms with van der Waals surface area (Å²) in [6, 6.07) is 8.70. The molecule has 0 radical (unpaired) electrons. The molecule has 19 heavy (non-hydrogen) atoms. The van der Waals surface area contributed by atoms with Crippen LogP contribution >= 0.6 is 0 Å². The molecule has 0 aliphatic heterocycles. The van der Waals surface area contributed by atoms with Crippen molar-refractivity contribution in [1.29, 1.82) is 5.26 Å². The molecule has 0 aromatic heterocycles. The lowest BCUT2D eigenvalue weighted by molar-refractivity contribution is 0.619. The van der Waals surface area contributed by atoms with Crippen molar-refractivity contribution in [3.8, 4) is 6.07 Å². The van der Waals surface area contributed by atoms with Crippen LogP contribution in [0.25, 0.3) is 0 Å². The van der Waals surface area contributed by atoms with E-state index in [-0.39, 0.29) is 11.3 Å².